The number of hydrogen-bond acceptors (Lipinski definition) is 4. The van der Waals surface area contributed by atoms with Gasteiger partial charge in [-0.25, -0.2) is 4.98 Å². The summed E-state index contributed by atoms with van der Waals surface area (Å²) in [5.74, 6) is 0.873. The third-order valence-corrected chi connectivity index (χ3v) is 3.57. The number of aromatic nitrogens is 1. The van der Waals surface area contributed by atoms with Crippen molar-refractivity contribution in [1.82, 2.24) is 15.6 Å². The van der Waals surface area contributed by atoms with E-state index in [1.165, 1.54) is 19.4 Å². The molecule has 0 radical (unpaired) electrons. The maximum atomic E-state index is 4.25. The van der Waals surface area contributed by atoms with Crippen molar-refractivity contribution in [3.8, 4) is 0 Å². The summed E-state index contributed by atoms with van der Waals surface area (Å²) in [5, 5.41) is 9.11. The second-order valence-electron chi connectivity index (χ2n) is 4.39. The molecule has 2 N–H and O–H groups in total. The molecule has 2 unspecified atom stereocenters. The van der Waals surface area contributed by atoms with E-state index in [2.05, 4.69) is 27.9 Å². The normalized spacial score (nSPS) is 26.7. The minimum Gasteiger partial charge on any atom is -0.313 e. The first-order valence-corrected chi connectivity index (χ1v) is 6.60. The van der Waals surface area contributed by atoms with Crippen molar-refractivity contribution in [2.75, 3.05) is 13.1 Å². The Morgan fingerprint density at radius 2 is 2.60 bits per heavy atom. The Bertz CT molecular complexity index is 273. The van der Waals surface area contributed by atoms with Crippen LogP contribution in [0.4, 0.5) is 0 Å². The lowest BCUT2D eigenvalue weighted by atomic mass is 9.94. The van der Waals surface area contributed by atoms with Crippen molar-refractivity contribution in [1.29, 1.82) is 0 Å². The molecule has 4 heteroatoms. The van der Waals surface area contributed by atoms with Crippen molar-refractivity contribution < 1.29 is 0 Å². The largest absolute Gasteiger partial charge is 0.313 e. The molecule has 15 heavy (non-hydrogen) atoms. The molecule has 84 valence electrons. The Balaban J connectivity index is 1.65. The zero-order valence-electron chi connectivity index (χ0n) is 9.20. The lowest BCUT2D eigenvalue weighted by Gasteiger charge is -2.28. The predicted molar refractivity (Wildman–Crippen MR) is 64.0 cm³/mol. The minimum absolute atomic E-state index is 0.646. The van der Waals surface area contributed by atoms with Crippen molar-refractivity contribution >= 4 is 11.3 Å². The molecule has 1 aliphatic rings. The van der Waals surface area contributed by atoms with Gasteiger partial charge in [0.25, 0.3) is 0 Å². The summed E-state index contributed by atoms with van der Waals surface area (Å²) in [5.41, 5.74) is 3.04. The SMILES string of the molecule is CC1CCNC(CNCc2cscn2)C1. The van der Waals surface area contributed by atoms with E-state index in [-0.39, 0.29) is 0 Å². The van der Waals surface area contributed by atoms with Gasteiger partial charge in [0.15, 0.2) is 0 Å². The quantitative estimate of drug-likeness (QED) is 0.817. The molecular weight excluding hydrogens is 206 g/mol. The summed E-state index contributed by atoms with van der Waals surface area (Å²) < 4.78 is 0. The Hall–Kier alpha value is -0.450. The predicted octanol–water partition coefficient (Wildman–Crippen LogP) is 1.62. The van der Waals surface area contributed by atoms with Crippen LogP contribution in [0.5, 0.6) is 0 Å². The highest BCUT2D eigenvalue weighted by Crippen LogP contribution is 2.14. The molecule has 1 aromatic heterocycles. The van der Waals surface area contributed by atoms with Crippen molar-refractivity contribution in [2.45, 2.75) is 32.4 Å². The van der Waals surface area contributed by atoms with Gasteiger partial charge in [-0.05, 0) is 25.3 Å². The molecule has 1 aromatic rings. The van der Waals surface area contributed by atoms with E-state index in [9.17, 15) is 0 Å². The fraction of sp³-hybridized carbons (Fsp3) is 0.727. The number of piperidine rings is 1. The van der Waals surface area contributed by atoms with Crippen LogP contribution in [0.15, 0.2) is 10.9 Å². The third-order valence-electron chi connectivity index (χ3n) is 2.94. The summed E-state index contributed by atoms with van der Waals surface area (Å²) in [6.07, 6.45) is 2.62. The number of hydrogen-bond donors (Lipinski definition) is 2. The van der Waals surface area contributed by atoms with Gasteiger partial charge in [0.1, 0.15) is 0 Å². The van der Waals surface area contributed by atoms with E-state index >= 15 is 0 Å². The van der Waals surface area contributed by atoms with Gasteiger partial charge < -0.3 is 10.6 Å². The molecular formula is C11H19N3S. The Kier molecular flexibility index (Phi) is 4.11. The van der Waals surface area contributed by atoms with Gasteiger partial charge in [0, 0.05) is 24.5 Å². The molecule has 2 rings (SSSR count). The van der Waals surface area contributed by atoms with Gasteiger partial charge >= 0.3 is 0 Å². The van der Waals surface area contributed by atoms with Crippen LogP contribution in [0.2, 0.25) is 0 Å². The highest BCUT2D eigenvalue weighted by Gasteiger charge is 2.17. The summed E-state index contributed by atoms with van der Waals surface area (Å²) in [4.78, 5) is 4.25. The first-order chi connectivity index (χ1) is 7.34. The van der Waals surface area contributed by atoms with Gasteiger partial charge in [0.2, 0.25) is 0 Å². The summed E-state index contributed by atoms with van der Waals surface area (Å²) in [7, 11) is 0. The van der Waals surface area contributed by atoms with E-state index in [0.29, 0.717) is 6.04 Å². The van der Waals surface area contributed by atoms with E-state index in [0.717, 1.165) is 24.7 Å². The summed E-state index contributed by atoms with van der Waals surface area (Å²) in [6.45, 7) is 5.47. The van der Waals surface area contributed by atoms with Crippen LogP contribution in [0.3, 0.4) is 0 Å². The van der Waals surface area contributed by atoms with Crippen molar-refractivity contribution in [3.63, 3.8) is 0 Å². The first kappa shape index (κ1) is 11.0. The van der Waals surface area contributed by atoms with Crippen LogP contribution in [0, 0.1) is 5.92 Å². The second-order valence-corrected chi connectivity index (χ2v) is 5.11. The summed E-state index contributed by atoms with van der Waals surface area (Å²) >= 11 is 1.66. The maximum absolute atomic E-state index is 4.25. The third kappa shape index (κ3) is 3.55. The first-order valence-electron chi connectivity index (χ1n) is 5.66. The summed E-state index contributed by atoms with van der Waals surface area (Å²) in [6, 6.07) is 0.646. The van der Waals surface area contributed by atoms with E-state index in [4.69, 9.17) is 0 Å². The van der Waals surface area contributed by atoms with Crippen LogP contribution in [-0.4, -0.2) is 24.1 Å². The molecule has 2 heterocycles. The lowest BCUT2D eigenvalue weighted by molar-refractivity contribution is 0.310. The highest BCUT2D eigenvalue weighted by molar-refractivity contribution is 7.07. The van der Waals surface area contributed by atoms with E-state index < -0.39 is 0 Å². The molecule has 0 spiro atoms. The van der Waals surface area contributed by atoms with Gasteiger partial charge in [-0.2, -0.15) is 0 Å². The van der Waals surface area contributed by atoms with Gasteiger partial charge in [-0.1, -0.05) is 6.92 Å². The Morgan fingerprint density at radius 3 is 3.33 bits per heavy atom. The monoisotopic (exact) mass is 225 g/mol. The number of rotatable bonds is 4. The van der Waals surface area contributed by atoms with E-state index in [1.54, 1.807) is 11.3 Å². The van der Waals surface area contributed by atoms with Crippen LogP contribution < -0.4 is 10.6 Å². The molecule has 2 atom stereocenters. The standard InChI is InChI=1S/C11H19N3S/c1-9-2-3-13-10(4-9)5-12-6-11-7-15-8-14-11/h7-10,12-13H,2-6H2,1H3. The molecule has 0 aliphatic carbocycles. The van der Waals surface area contributed by atoms with E-state index in [1.807, 2.05) is 5.51 Å². The van der Waals surface area contributed by atoms with Gasteiger partial charge in [0.05, 0.1) is 11.2 Å². The number of thiazole rings is 1. The molecule has 0 bridgehead atoms. The average molecular weight is 225 g/mol. The molecule has 0 aromatic carbocycles. The minimum atomic E-state index is 0.646. The smallest absolute Gasteiger partial charge is 0.0795 e. The molecule has 0 amide bonds. The molecule has 3 nitrogen and oxygen atoms in total. The zero-order chi connectivity index (χ0) is 10.5. The average Bonchev–Trinajstić information content (AvgIpc) is 2.71. The number of nitrogens with zero attached hydrogens (tertiary/aromatic N) is 1. The second kappa shape index (κ2) is 5.58. The van der Waals surface area contributed by atoms with Crippen LogP contribution in [0.1, 0.15) is 25.5 Å². The van der Waals surface area contributed by atoms with Gasteiger partial charge in [-0.3, -0.25) is 0 Å². The molecule has 1 fully saturated rings. The zero-order valence-corrected chi connectivity index (χ0v) is 10.0. The van der Waals surface area contributed by atoms with Crippen molar-refractivity contribution in [3.05, 3.63) is 16.6 Å². The topological polar surface area (TPSA) is 37.0 Å². The molecule has 0 saturated carbocycles. The fourth-order valence-electron chi connectivity index (χ4n) is 2.08. The van der Waals surface area contributed by atoms with Gasteiger partial charge in [-0.15, -0.1) is 11.3 Å². The van der Waals surface area contributed by atoms with Crippen molar-refractivity contribution in [2.24, 2.45) is 5.92 Å². The van der Waals surface area contributed by atoms with Crippen LogP contribution in [0.25, 0.3) is 0 Å². The van der Waals surface area contributed by atoms with Crippen LogP contribution >= 0.6 is 11.3 Å². The molecule has 1 aliphatic heterocycles. The fourth-order valence-corrected chi connectivity index (χ4v) is 2.63. The number of nitrogens with one attached hydrogen (secondary N) is 2. The lowest BCUT2D eigenvalue weighted by Crippen LogP contribution is -2.43. The Morgan fingerprint density at radius 1 is 1.67 bits per heavy atom. The maximum Gasteiger partial charge on any atom is 0.0795 e. The Labute approximate surface area is 95.3 Å². The highest BCUT2D eigenvalue weighted by atomic mass is 32.1. The molecule has 1 saturated heterocycles. The van der Waals surface area contributed by atoms with Crippen LogP contribution in [-0.2, 0) is 6.54 Å².